The Kier molecular flexibility index (Phi) is 13.5. The molecule has 65 heavy (non-hydrogen) atoms. The van der Waals surface area contributed by atoms with E-state index in [0.29, 0.717) is 79.4 Å². The van der Waals surface area contributed by atoms with Gasteiger partial charge >= 0.3 is 0 Å². The van der Waals surface area contributed by atoms with Crippen molar-refractivity contribution >= 4 is 78.8 Å². The minimum absolute atomic E-state index is 0.0363. The number of amides is 6. The first-order chi connectivity index (χ1) is 31.1. The second kappa shape index (κ2) is 19.1. The summed E-state index contributed by atoms with van der Waals surface area (Å²) >= 11 is 3.45. The highest BCUT2D eigenvalue weighted by molar-refractivity contribution is 9.10. The van der Waals surface area contributed by atoms with Crippen LogP contribution in [-0.2, 0) is 24.4 Å². The molecule has 5 aliphatic rings. The quantitative estimate of drug-likeness (QED) is 0.114. The summed E-state index contributed by atoms with van der Waals surface area (Å²) in [4.78, 5) is 89.6. The number of imide groups is 2. The van der Waals surface area contributed by atoms with E-state index in [2.05, 4.69) is 57.0 Å². The van der Waals surface area contributed by atoms with Crippen molar-refractivity contribution < 1.29 is 41.9 Å². The molecule has 4 fully saturated rings. The summed E-state index contributed by atoms with van der Waals surface area (Å²) in [6, 6.07) is 9.07. The van der Waals surface area contributed by atoms with Crippen LogP contribution >= 0.6 is 15.9 Å². The van der Waals surface area contributed by atoms with Gasteiger partial charge in [0.1, 0.15) is 24.2 Å². The molecule has 1 atom stereocenters. The van der Waals surface area contributed by atoms with Gasteiger partial charge in [0.05, 0.1) is 32.6 Å². The first kappa shape index (κ1) is 46.0. The van der Waals surface area contributed by atoms with Gasteiger partial charge in [-0.3, -0.25) is 43.9 Å². The Labute approximate surface area is 384 Å². The number of likely N-dealkylation sites (tertiary alicyclic amines) is 2. The smallest absolute Gasteiger partial charge is 0.266 e. The molecular weight excluding hydrogens is 927 g/mol. The van der Waals surface area contributed by atoms with Crippen LogP contribution in [0.25, 0.3) is 0 Å². The summed E-state index contributed by atoms with van der Waals surface area (Å²) in [6.45, 7) is 7.85. The molecule has 4 saturated heterocycles. The number of sulfonamides is 1. The highest BCUT2D eigenvalue weighted by Gasteiger charge is 2.51. The number of hydrogen-bond donors (Lipinski definition) is 5. The van der Waals surface area contributed by atoms with Crippen LogP contribution < -0.4 is 31.7 Å². The molecule has 1 aromatic heterocycles. The molecular formula is C43H52BrN11O9S. The highest BCUT2D eigenvalue weighted by Crippen LogP contribution is 2.40. The van der Waals surface area contributed by atoms with Gasteiger partial charge in [-0.05, 0) is 78.8 Å². The number of aryl methyl sites for hydroxylation is 1. The van der Waals surface area contributed by atoms with E-state index in [0.717, 1.165) is 43.2 Å². The molecule has 6 amide bonds. The molecule has 22 heteroatoms. The van der Waals surface area contributed by atoms with Crippen molar-refractivity contribution in [1.82, 2.24) is 39.6 Å². The molecule has 5 aliphatic heterocycles. The molecule has 6 heterocycles. The fourth-order valence-corrected chi connectivity index (χ4v) is 11.1. The second-order valence-corrected chi connectivity index (χ2v) is 20.3. The Morgan fingerprint density at radius 3 is 2.43 bits per heavy atom. The highest BCUT2D eigenvalue weighted by atomic mass is 79.9. The van der Waals surface area contributed by atoms with Gasteiger partial charge in [-0.25, -0.2) is 17.7 Å². The fraction of sp³-hybridized carbons (Fsp3) is 0.488. The zero-order chi connectivity index (χ0) is 46.0. The van der Waals surface area contributed by atoms with Crippen LogP contribution in [0.1, 0.15) is 75.2 Å². The number of benzene rings is 2. The molecule has 6 N–H and O–H groups in total. The molecule has 1 spiro atoms. The predicted octanol–water partition coefficient (Wildman–Crippen LogP) is 1.59. The minimum Gasteiger partial charge on any atom is -0.491 e. The van der Waals surface area contributed by atoms with Crippen LogP contribution in [0.3, 0.4) is 0 Å². The van der Waals surface area contributed by atoms with Crippen molar-refractivity contribution in [2.75, 3.05) is 81.9 Å². The first-order valence-corrected chi connectivity index (χ1v) is 24.1. The van der Waals surface area contributed by atoms with Crippen molar-refractivity contribution in [2.45, 2.75) is 57.5 Å². The summed E-state index contributed by atoms with van der Waals surface area (Å²) in [5, 5.41) is 11.4. The second-order valence-electron chi connectivity index (χ2n) is 17.4. The zero-order valence-electron chi connectivity index (χ0n) is 35.9. The number of nitrogens with two attached hydrogens (primary N) is 1. The standard InChI is InChI=1S/C43H52BrN11O9S/c1-26-5-2-7-30(35(26)37(45)58)49-38-29(44)21-47-42(51-38)48-27-12-16-54(17-13-27)65(62,63)20-14-46-33(56)9-4-15-52-22-43(23-52)24-53(25-43)18-19-64-32-8-3-6-28-36(32)41(61)55(40(28)60)31-10-11-34(57)50-39(31)59/h2-3,5-8,21,27,31H,4,9-20,22-25H2,1H3,(H2,45,58)(H,46,56)(H,50,57,59)(H2,47,48,49,51). The van der Waals surface area contributed by atoms with Gasteiger partial charge in [0.25, 0.3) is 17.7 Å². The van der Waals surface area contributed by atoms with Gasteiger partial charge in [-0.15, -0.1) is 0 Å². The van der Waals surface area contributed by atoms with Gasteiger partial charge in [0.2, 0.25) is 33.7 Å². The van der Waals surface area contributed by atoms with Crippen LogP contribution in [-0.4, -0.2) is 156 Å². The number of halogens is 1. The number of piperidine rings is 2. The Bertz CT molecular complexity index is 2510. The molecule has 0 bridgehead atoms. The summed E-state index contributed by atoms with van der Waals surface area (Å²) in [6.07, 6.45) is 3.78. The average Bonchev–Trinajstić information content (AvgIpc) is 3.49. The van der Waals surface area contributed by atoms with Crippen LogP contribution in [0.2, 0.25) is 0 Å². The lowest BCUT2D eigenvalue weighted by atomic mass is 9.73. The van der Waals surface area contributed by atoms with Crippen LogP contribution in [0.15, 0.2) is 47.1 Å². The number of fused-ring (bicyclic) bond motifs is 1. The van der Waals surface area contributed by atoms with Crippen molar-refractivity contribution in [1.29, 1.82) is 0 Å². The van der Waals surface area contributed by atoms with Crippen molar-refractivity contribution in [3.63, 3.8) is 0 Å². The third-order valence-electron chi connectivity index (χ3n) is 12.6. The van der Waals surface area contributed by atoms with Crippen LogP contribution in [0, 0.1) is 12.3 Å². The molecule has 3 aromatic rings. The lowest BCUT2D eigenvalue weighted by Crippen LogP contribution is -2.72. The molecule has 1 unspecified atom stereocenters. The van der Waals surface area contributed by atoms with Gasteiger partial charge in [-0.1, -0.05) is 18.2 Å². The van der Waals surface area contributed by atoms with E-state index in [-0.39, 0.29) is 59.4 Å². The molecule has 0 aliphatic carbocycles. The van der Waals surface area contributed by atoms with E-state index in [1.807, 2.05) is 6.07 Å². The molecule has 0 saturated carbocycles. The van der Waals surface area contributed by atoms with E-state index in [4.69, 9.17) is 10.5 Å². The SMILES string of the molecule is Cc1cccc(Nc2nc(NC3CCN(S(=O)(=O)CCNC(=O)CCCN4CC5(C4)CN(CCOc4cccc6c4C(=O)N(C4CCC(=O)NC4=O)C6=O)C5)CC3)ncc2Br)c1C(N)=O. The Balaban J connectivity index is 0.685. The molecule has 8 rings (SSSR count). The minimum atomic E-state index is -3.58. The number of hydrogen-bond acceptors (Lipinski definition) is 15. The average molecular weight is 979 g/mol. The van der Waals surface area contributed by atoms with Crippen molar-refractivity contribution in [3.05, 3.63) is 69.3 Å². The summed E-state index contributed by atoms with van der Waals surface area (Å²) < 4.78 is 34.3. The maximum Gasteiger partial charge on any atom is 0.266 e. The fourth-order valence-electron chi connectivity index (χ4n) is 9.42. The Hall–Kier alpha value is -5.55. The third kappa shape index (κ3) is 10.2. The van der Waals surface area contributed by atoms with E-state index < -0.39 is 45.6 Å². The number of carbonyl (C=O) groups is 6. The van der Waals surface area contributed by atoms with Crippen LogP contribution in [0.4, 0.5) is 17.5 Å². The normalized spacial score (nSPS) is 20.2. The number of carbonyl (C=O) groups excluding carboxylic acids is 6. The molecule has 0 radical (unpaired) electrons. The van der Waals surface area contributed by atoms with Gasteiger partial charge in [0, 0.05) is 82.9 Å². The van der Waals surface area contributed by atoms with E-state index in [9.17, 15) is 37.2 Å². The number of ether oxygens (including phenoxy) is 1. The molecule has 20 nitrogen and oxygen atoms in total. The van der Waals surface area contributed by atoms with E-state index in [1.165, 1.54) is 10.4 Å². The van der Waals surface area contributed by atoms with Gasteiger partial charge in [-0.2, -0.15) is 4.98 Å². The summed E-state index contributed by atoms with van der Waals surface area (Å²) in [7, 11) is -3.58. The maximum atomic E-state index is 13.3. The van der Waals surface area contributed by atoms with Gasteiger partial charge < -0.3 is 31.3 Å². The Morgan fingerprint density at radius 1 is 0.985 bits per heavy atom. The lowest BCUT2D eigenvalue weighted by molar-refractivity contribution is -0.136. The largest absolute Gasteiger partial charge is 0.491 e. The number of anilines is 3. The zero-order valence-corrected chi connectivity index (χ0v) is 38.3. The number of nitrogens with one attached hydrogen (secondary N) is 4. The third-order valence-corrected chi connectivity index (χ3v) is 15.0. The topological polar surface area (TPSA) is 259 Å². The van der Waals surface area contributed by atoms with Crippen molar-refractivity contribution in [2.24, 2.45) is 11.1 Å². The monoisotopic (exact) mass is 977 g/mol. The number of primary amides is 1. The van der Waals surface area contributed by atoms with E-state index >= 15 is 0 Å². The number of aromatic nitrogens is 2. The molecule has 2 aromatic carbocycles. The summed E-state index contributed by atoms with van der Waals surface area (Å²) in [5.41, 5.74) is 7.75. The first-order valence-electron chi connectivity index (χ1n) is 21.7. The summed E-state index contributed by atoms with van der Waals surface area (Å²) in [5.74, 6) is -2.09. The number of rotatable bonds is 18. The Morgan fingerprint density at radius 2 is 1.71 bits per heavy atom. The van der Waals surface area contributed by atoms with Crippen LogP contribution in [0.5, 0.6) is 5.75 Å². The number of nitrogens with zero attached hydrogens (tertiary/aromatic N) is 6. The van der Waals surface area contributed by atoms with E-state index in [1.54, 1.807) is 37.4 Å². The maximum absolute atomic E-state index is 13.3. The predicted molar refractivity (Wildman–Crippen MR) is 241 cm³/mol. The lowest BCUT2D eigenvalue weighted by Gasteiger charge is -2.60. The van der Waals surface area contributed by atoms with Crippen molar-refractivity contribution in [3.8, 4) is 5.75 Å². The van der Waals surface area contributed by atoms with Gasteiger partial charge in [0.15, 0.2) is 0 Å². The molecule has 346 valence electrons.